The number of hydrogen-bond acceptors (Lipinski definition) is 7. The molecule has 2 aromatic carbocycles. The van der Waals surface area contributed by atoms with Gasteiger partial charge in [-0.25, -0.2) is 4.79 Å². The maximum absolute atomic E-state index is 12.2. The summed E-state index contributed by atoms with van der Waals surface area (Å²) in [5, 5.41) is 13.5. The number of anilines is 1. The van der Waals surface area contributed by atoms with E-state index in [1.165, 1.54) is 18.2 Å². The van der Waals surface area contributed by atoms with Crippen LogP contribution in [0.3, 0.4) is 0 Å². The lowest BCUT2D eigenvalue weighted by molar-refractivity contribution is -0.118. The normalized spacial score (nSPS) is 14.7. The Labute approximate surface area is 171 Å². The molecule has 0 aliphatic carbocycles. The average molecular weight is 409 g/mol. The first-order valence-electron chi connectivity index (χ1n) is 9.26. The van der Waals surface area contributed by atoms with E-state index in [1.54, 1.807) is 38.1 Å². The largest absolute Gasteiger partial charge is 0.507 e. The van der Waals surface area contributed by atoms with Gasteiger partial charge in [-0.05, 0) is 38.1 Å². The van der Waals surface area contributed by atoms with Crippen molar-refractivity contribution in [2.24, 2.45) is 0 Å². The van der Waals surface area contributed by atoms with Crippen LogP contribution in [0.25, 0.3) is 11.0 Å². The third-order valence-corrected chi connectivity index (χ3v) is 4.58. The fourth-order valence-corrected chi connectivity index (χ4v) is 3.32. The summed E-state index contributed by atoms with van der Waals surface area (Å²) in [7, 11) is 0. The second-order valence-electron chi connectivity index (χ2n) is 7.62. The minimum atomic E-state index is -0.693. The SMILES string of the molecule is CC1(C)CC(=O)c2c(O)cc(OCC(=O)Nc3ccc4oc(=O)ccc4c3)cc2O1. The minimum absolute atomic E-state index is 0.119. The summed E-state index contributed by atoms with van der Waals surface area (Å²) in [6.45, 7) is 3.23. The summed E-state index contributed by atoms with van der Waals surface area (Å²) in [5.41, 5.74) is -0.0986. The van der Waals surface area contributed by atoms with E-state index in [0.29, 0.717) is 16.7 Å². The van der Waals surface area contributed by atoms with Gasteiger partial charge >= 0.3 is 5.63 Å². The number of carbonyl (C=O) groups is 2. The van der Waals surface area contributed by atoms with Crippen LogP contribution < -0.4 is 20.4 Å². The van der Waals surface area contributed by atoms with Gasteiger partial charge in [0.1, 0.15) is 34.0 Å². The van der Waals surface area contributed by atoms with Crippen LogP contribution in [0.1, 0.15) is 30.6 Å². The van der Waals surface area contributed by atoms with Crippen molar-refractivity contribution < 1.29 is 28.6 Å². The number of rotatable bonds is 4. The summed E-state index contributed by atoms with van der Waals surface area (Å²) in [6, 6.07) is 10.5. The summed E-state index contributed by atoms with van der Waals surface area (Å²) in [6.07, 6.45) is 0.158. The van der Waals surface area contributed by atoms with E-state index in [9.17, 15) is 19.5 Å². The molecule has 30 heavy (non-hydrogen) atoms. The highest BCUT2D eigenvalue weighted by molar-refractivity contribution is 6.03. The molecule has 8 nitrogen and oxygen atoms in total. The Morgan fingerprint density at radius 1 is 1.17 bits per heavy atom. The van der Waals surface area contributed by atoms with Gasteiger partial charge in [-0.15, -0.1) is 0 Å². The molecule has 2 heterocycles. The first-order chi connectivity index (χ1) is 14.2. The number of aromatic hydroxyl groups is 1. The highest BCUT2D eigenvalue weighted by Gasteiger charge is 2.35. The molecule has 1 aliphatic rings. The average Bonchev–Trinajstić information content (AvgIpc) is 2.65. The zero-order valence-corrected chi connectivity index (χ0v) is 16.4. The number of carbonyl (C=O) groups excluding carboxylic acids is 2. The fourth-order valence-electron chi connectivity index (χ4n) is 3.32. The number of nitrogens with one attached hydrogen (secondary N) is 1. The lowest BCUT2D eigenvalue weighted by Gasteiger charge is -2.32. The lowest BCUT2D eigenvalue weighted by Crippen LogP contribution is -2.35. The molecule has 1 aliphatic heterocycles. The molecule has 0 radical (unpaired) electrons. The number of fused-ring (bicyclic) bond motifs is 2. The maximum atomic E-state index is 12.2. The molecule has 3 aromatic rings. The molecule has 154 valence electrons. The van der Waals surface area contributed by atoms with Crippen molar-refractivity contribution in [3.8, 4) is 17.2 Å². The van der Waals surface area contributed by atoms with Gasteiger partial charge in [-0.2, -0.15) is 0 Å². The van der Waals surface area contributed by atoms with Crippen LogP contribution in [0.2, 0.25) is 0 Å². The molecule has 1 amide bonds. The van der Waals surface area contributed by atoms with Crippen molar-refractivity contribution in [1.82, 2.24) is 0 Å². The van der Waals surface area contributed by atoms with Crippen LogP contribution in [-0.2, 0) is 4.79 Å². The van der Waals surface area contributed by atoms with Crippen molar-refractivity contribution in [1.29, 1.82) is 0 Å². The number of benzene rings is 2. The van der Waals surface area contributed by atoms with Gasteiger partial charge < -0.3 is 24.3 Å². The third kappa shape index (κ3) is 3.98. The van der Waals surface area contributed by atoms with Gasteiger partial charge in [0.25, 0.3) is 5.91 Å². The Hall–Kier alpha value is -3.81. The lowest BCUT2D eigenvalue weighted by atomic mass is 9.92. The molecular weight excluding hydrogens is 390 g/mol. The van der Waals surface area contributed by atoms with Crippen molar-refractivity contribution in [3.05, 3.63) is 58.4 Å². The van der Waals surface area contributed by atoms with Crippen LogP contribution in [0.5, 0.6) is 17.2 Å². The van der Waals surface area contributed by atoms with Gasteiger partial charge in [0.2, 0.25) is 0 Å². The van der Waals surface area contributed by atoms with Gasteiger partial charge in [0.05, 0.1) is 6.42 Å². The molecule has 0 unspecified atom stereocenters. The van der Waals surface area contributed by atoms with E-state index in [1.807, 2.05) is 0 Å². The number of phenolic OH excluding ortho intramolecular Hbond substituents is 1. The molecule has 0 atom stereocenters. The smallest absolute Gasteiger partial charge is 0.336 e. The summed E-state index contributed by atoms with van der Waals surface area (Å²) in [4.78, 5) is 35.7. The van der Waals surface area contributed by atoms with Gasteiger partial charge in [-0.1, -0.05) is 0 Å². The Balaban J connectivity index is 1.45. The summed E-state index contributed by atoms with van der Waals surface area (Å²) >= 11 is 0. The van der Waals surface area contributed by atoms with E-state index in [2.05, 4.69) is 5.32 Å². The van der Waals surface area contributed by atoms with Crippen molar-refractivity contribution >= 4 is 28.3 Å². The van der Waals surface area contributed by atoms with Gasteiger partial charge in [0.15, 0.2) is 12.4 Å². The zero-order chi connectivity index (χ0) is 21.5. The van der Waals surface area contributed by atoms with E-state index in [4.69, 9.17) is 13.9 Å². The Morgan fingerprint density at radius 2 is 1.97 bits per heavy atom. The molecule has 4 rings (SSSR count). The number of ether oxygens (including phenoxy) is 2. The number of hydrogen-bond donors (Lipinski definition) is 2. The van der Waals surface area contributed by atoms with Crippen molar-refractivity contribution in [2.45, 2.75) is 25.9 Å². The molecule has 0 spiro atoms. The Kier molecular flexibility index (Phi) is 4.69. The molecule has 0 saturated heterocycles. The molecule has 8 heteroatoms. The Bertz CT molecular complexity index is 1230. The molecular formula is C22H19NO7. The second-order valence-corrected chi connectivity index (χ2v) is 7.62. The van der Waals surface area contributed by atoms with Crippen LogP contribution >= 0.6 is 0 Å². The quantitative estimate of drug-likeness (QED) is 0.636. The highest BCUT2D eigenvalue weighted by Crippen LogP contribution is 2.40. The van der Waals surface area contributed by atoms with Gasteiger partial charge in [0, 0.05) is 29.3 Å². The first-order valence-corrected chi connectivity index (χ1v) is 9.26. The van der Waals surface area contributed by atoms with Crippen LogP contribution in [-0.4, -0.2) is 29.0 Å². The molecule has 1 aromatic heterocycles. The van der Waals surface area contributed by atoms with Gasteiger partial charge in [-0.3, -0.25) is 9.59 Å². The number of ketones is 1. The van der Waals surface area contributed by atoms with E-state index in [-0.39, 0.29) is 41.6 Å². The van der Waals surface area contributed by atoms with Crippen LogP contribution in [0.15, 0.2) is 51.7 Å². The third-order valence-electron chi connectivity index (χ3n) is 4.58. The predicted octanol–water partition coefficient (Wildman–Crippen LogP) is 3.26. The maximum Gasteiger partial charge on any atom is 0.336 e. The molecule has 0 saturated carbocycles. The second kappa shape index (κ2) is 7.22. The first kappa shape index (κ1) is 19.5. The fraction of sp³-hybridized carbons (Fsp3) is 0.227. The minimum Gasteiger partial charge on any atom is -0.507 e. The number of Topliss-reactive ketones (excluding diaryl/α,β-unsaturated/α-hetero) is 1. The Morgan fingerprint density at radius 3 is 2.77 bits per heavy atom. The zero-order valence-electron chi connectivity index (χ0n) is 16.4. The highest BCUT2D eigenvalue weighted by atomic mass is 16.5. The number of amides is 1. The standard InChI is InChI=1S/C22H19NO7/c1-22(2)10-16(25)21-15(24)8-14(9-18(21)30-22)28-11-19(26)23-13-4-5-17-12(7-13)3-6-20(27)29-17/h3-9,24H,10-11H2,1-2H3,(H,23,26). The summed E-state index contributed by atoms with van der Waals surface area (Å²) in [5.74, 6) is -0.467. The molecule has 0 bridgehead atoms. The van der Waals surface area contributed by atoms with Crippen molar-refractivity contribution in [3.63, 3.8) is 0 Å². The molecule has 2 N–H and O–H groups in total. The molecule has 0 fully saturated rings. The van der Waals surface area contributed by atoms with E-state index < -0.39 is 17.1 Å². The predicted molar refractivity (Wildman–Crippen MR) is 108 cm³/mol. The van der Waals surface area contributed by atoms with E-state index >= 15 is 0 Å². The summed E-state index contributed by atoms with van der Waals surface area (Å²) < 4.78 is 16.3. The number of phenols is 1. The van der Waals surface area contributed by atoms with E-state index in [0.717, 1.165) is 0 Å². The van der Waals surface area contributed by atoms with Crippen LogP contribution in [0, 0.1) is 0 Å². The topological polar surface area (TPSA) is 115 Å². The van der Waals surface area contributed by atoms with Crippen LogP contribution in [0.4, 0.5) is 5.69 Å². The monoisotopic (exact) mass is 409 g/mol. The van der Waals surface area contributed by atoms with Crippen molar-refractivity contribution in [2.75, 3.05) is 11.9 Å².